The summed E-state index contributed by atoms with van der Waals surface area (Å²) in [4.78, 5) is 40.1. The predicted octanol–water partition coefficient (Wildman–Crippen LogP) is 4.57. The van der Waals surface area contributed by atoms with Crippen LogP contribution < -0.4 is 10.1 Å². The minimum absolute atomic E-state index is 0.125. The second-order valence-electron chi connectivity index (χ2n) is 9.67. The number of dihydropyridines is 1. The van der Waals surface area contributed by atoms with Crippen LogP contribution in [0.15, 0.2) is 46.8 Å². The summed E-state index contributed by atoms with van der Waals surface area (Å²) in [6, 6.07) is 7.45. The maximum Gasteiger partial charge on any atom is 0.337 e. The molecule has 4 rings (SSSR count). The minimum atomic E-state index is -0.920. The van der Waals surface area contributed by atoms with Gasteiger partial charge in [0.1, 0.15) is 17.8 Å². The number of rotatable bonds is 6. The molecule has 3 atom stereocenters. The van der Waals surface area contributed by atoms with Crippen molar-refractivity contribution in [3.63, 3.8) is 0 Å². The van der Waals surface area contributed by atoms with Gasteiger partial charge in [-0.2, -0.15) is 0 Å². The molecule has 35 heavy (non-hydrogen) atoms. The molecule has 1 aromatic rings. The van der Waals surface area contributed by atoms with E-state index in [0.29, 0.717) is 41.2 Å². The Labute approximate surface area is 206 Å². The van der Waals surface area contributed by atoms with Crippen LogP contribution in [0, 0.1) is 11.8 Å². The third-order valence-electron chi connectivity index (χ3n) is 7.32. The number of hydrogen-bond acceptors (Lipinski definition) is 7. The fourth-order valence-corrected chi connectivity index (χ4v) is 5.67. The van der Waals surface area contributed by atoms with Gasteiger partial charge in [-0.15, -0.1) is 0 Å². The highest BCUT2D eigenvalue weighted by Gasteiger charge is 2.48. The molecule has 0 aromatic heterocycles. The van der Waals surface area contributed by atoms with Crippen LogP contribution in [0.1, 0.15) is 70.8 Å². The number of esters is 2. The van der Waals surface area contributed by atoms with Gasteiger partial charge < -0.3 is 19.5 Å². The van der Waals surface area contributed by atoms with Gasteiger partial charge in [0.05, 0.1) is 25.2 Å². The average molecular weight is 482 g/mol. The fraction of sp³-hybridized carbons (Fsp3) is 0.536. The zero-order valence-corrected chi connectivity index (χ0v) is 21.0. The standard InChI is InChI=1S/C28H35NO6/c1-5-34-21-14-10-9-13-19(21)24-23(28(32)35-18-11-7-6-8-12-18)17(3)29-20-15-16(2)22(27(31)33-4)26(30)25(20)24/h9-10,13-14,16,18,22,24,29H,5-8,11-12,15H2,1-4H3/t16-,22+,24+/m0/s1. The van der Waals surface area contributed by atoms with Gasteiger partial charge in [0.15, 0.2) is 5.78 Å². The Morgan fingerprint density at radius 1 is 1.11 bits per heavy atom. The number of hydrogen-bond donors (Lipinski definition) is 1. The third-order valence-corrected chi connectivity index (χ3v) is 7.32. The van der Waals surface area contributed by atoms with Gasteiger partial charge in [0.25, 0.3) is 0 Å². The van der Waals surface area contributed by atoms with Crippen LogP contribution in [0.25, 0.3) is 0 Å². The van der Waals surface area contributed by atoms with Crippen LogP contribution in [0.5, 0.6) is 5.75 Å². The maximum atomic E-state index is 13.9. The zero-order chi connectivity index (χ0) is 25.1. The molecule has 0 saturated heterocycles. The summed E-state index contributed by atoms with van der Waals surface area (Å²) in [7, 11) is 1.30. The molecule has 188 valence electrons. The quantitative estimate of drug-likeness (QED) is 0.470. The van der Waals surface area contributed by atoms with Crippen molar-refractivity contribution in [2.75, 3.05) is 13.7 Å². The first kappa shape index (κ1) is 25.0. The Morgan fingerprint density at radius 2 is 1.83 bits per heavy atom. The SMILES string of the molecule is CCOc1ccccc1[C@@H]1C(C(=O)OC2CCCCC2)=C(C)NC2=C1C(=O)[C@H](C(=O)OC)[C@@H](C)C2. The number of benzene rings is 1. The molecule has 1 N–H and O–H groups in total. The number of methoxy groups -OCH3 is 1. The Kier molecular flexibility index (Phi) is 7.63. The molecule has 3 aliphatic rings. The number of ketones is 1. The summed E-state index contributed by atoms with van der Waals surface area (Å²) in [6.07, 6.45) is 5.30. The van der Waals surface area contributed by atoms with Gasteiger partial charge in [0.2, 0.25) is 0 Å². The number of para-hydroxylation sites is 1. The molecule has 1 aliphatic heterocycles. The van der Waals surface area contributed by atoms with Crippen LogP contribution in [0.4, 0.5) is 0 Å². The molecule has 0 unspecified atom stereocenters. The van der Waals surface area contributed by atoms with Crippen molar-refractivity contribution in [2.45, 2.75) is 71.3 Å². The predicted molar refractivity (Wildman–Crippen MR) is 130 cm³/mol. The summed E-state index contributed by atoms with van der Waals surface area (Å²) in [5, 5.41) is 3.32. The summed E-state index contributed by atoms with van der Waals surface area (Å²) < 4.78 is 16.9. The molecule has 0 spiro atoms. The first-order chi connectivity index (χ1) is 16.9. The maximum absolute atomic E-state index is 13.9. The van der Waals surface area contributed by atoms with Crippen molar-refractivity contribution in [3.8, 4) is 5.75 Å². The van der Waals surface area contributed by atoms with E-state index in [1.807, 2.05) is 45.0 Å². The molecule has 7 nitrogen and oxygen atoms in total. The number of allylic oxidation sites excluding steroid dienone is 3. The number of ether oxygens (including phenoxy) is 3. The Balaban J connectivity index is 1.82. The molecule has 1 heterocycles. The van der Waals surface area contributed by atoms with Crippen molar-refractivity contribution in [2.24, 2.45) is 11.8 Å². The van der Waals surface area contributed by atoms with E-state index in [2.05, 4.69) is 5.32 Å². The smallest absolute Gasteiger partial charge is 0.337 e. The molecular weight excluding hydrogens is 446 g/mol. The van der Waals surface area contributed by atoms with Gasteiger partial charge in [-0.25, -0.2) is 4.79 Å². The lowest BCUT2D eigenvalue weighted by Crippen LogP contribution is -2.43. The molecule has 1 fully saturated rings. The van der Waals surface area contributed by atoms with E-state index in [4.69, 9.17) is 14.2 Å². The molecule has 1 saturated carbocycles. The van der Waals surface area contributed by atoms with Gasteiger partial charge in [0, 0.05) is 22.5 Å². The Hall–Kier alpha value is -3.09. The highest BCUT2D eigenvalue weighted by molar-refractivity contribution is 6.12. The first-order valence-electron chi connectivity index (χ1n) is 12.6. The lowest BCUT2D eigenvalue weighted by molar-refractivity contribution is -0.151. The fourth-order valence-electron chi connectivity index (χ4n) is 5.67. The molecule has 1 aromatic carbocycles. The number of carbonyl (C=O) groups excluding carboxylic acids is 3. The molecule has 7 heteroatoms. The van der Waals surface area contributed by atoms with Crippen molar-refractivity contribution >= 4 is 17.7 Å². The lowest BCUT2D eigenvalue weighted by atomic mass is 9.69. The van der Waals surface area contributed by atoms with E-state index >= 15 is 0 Å². The number of Topliss-reactive ketones (excluding diaryl/α,β-unsaturated/α-hetero) is 1. The van der Waals surface area contributed by atoms with Gasteiger partial charge >= 0.3 is 11.9 Å². The van der Waals surface area contributed by atoms with Crippen molar-refractivity contribution in [1.29, 1.82) is 0 Å². The highest BCUT2D eigenvalue weighted by Crippen LogP contribution is 2.47. The second kappa shape index (κ2) is 10.7. The van der Waals surface area contributed by atoms with E-state index in [9.17, 15) is 14.4 Å². The Morgan fingerprint density at radius 3 is 2.51 bits per heavy atom. The van der Waals surface area contributed by atoms with Crippen molar-refractivity contribution in [1.82, 2.24) is 5.32 Å². The summed E-state index contributed by atoms with van der Waals surface area (Å²) in [5.74, 6) is -2.54. The van der Waals surface area contributed by atoms with Gasteiger partial charge in [-0.1, -0.05) is 31.5 Å². The van der Waals surface area contributed by atoms with E-state index in [1.54, 1.807) is 0 Å². The number of carbonyl (C=O) groups is 3. The lowest BCUT2D eigenvalue weighted by Gasteiger charge is -2.39. The van der Waals surface area contributed by atoms with Crippen molar-refractivity contribution < 1.29 is 28.6 Å². The molecule has 0 amide bonds. The topological polar surface area (TPSA) is 90.9 Å². The minimum Gasteiger partial charge on any atom is -0.494 e. The monoisotopic (exact) mass is 481 g/mol. The summed E-state index contributed by atoms with van der Waals surface area (Å²) in [5.41, 5.74) is 2.94. The highest BCUT2D eigenvalue weighted by atomic mass is 16.5. The molecule has 0 radical (unpaired) electrons. The third kappa shape index (κ3) is 4.86. The normalized spacial score (nSPS) is 25.0. The molecule has 2 aliphatic carbocycles. The van der Waals surface area contributed by atoms with Crippen LogP contribution >= 0.6 is 0 Å². The van der Waals surface area contributed by atoms with Crippen LogP contribution in [0.3, 0.4) is 0 Å². The molecular formula is C28H35NO6. The van der Waals surface area contributed by atoms with Crippen molar-refractivity contribution in [3.05, 3.63) is 52.4 Å². The van der Waals surface area contributed by atoms with Crippen LogP contribution in [0.2, 0.25) is 0 Å². The van der Waals surface area contributed by atoms with Crippen LogP contribution in [-0.2, 0) is 23.9 Å². The number of nitrogens with one attached hydrogen (secondary N) is 1. The van der Waals surface area contributed by atoms with Gasteiger partial charge in [-0.05, 0) is 57.9 Å². The largest absolute Gasteiger partial charge is 0.494 e. The summed E-state index contributed by atoms with van der Waals surface area (Å²) >= 11 is 0. The van der Waals surface area contributed by atoms with E-state index in [-0.39, 0.29) is 17.8 Å². The zero-order valence-electron chi connectivity index (χ0n) is 21.0. The Bertz CT molecular complexity index is 1060. The second-order valence-corrected chi connectivity index (χ2v) is 9.67. The van der Waals surface area contributed by atoms with Crippen LogP contribution in [-0.4, -0.2) is 37.5 Å². The van der Waals surface area contributed by atoms with E-state index < -0.39 is 23.8 Å². The summed E-state index contributed by atoms with van der Waals surface area (Å²) in [6.45, 7) is 6.05. The van der Waals surface area contributed by atoms with Gasteiger partial charge in [-0.3, -0.25) is 9.59 Å². The molecule has 0 bridgehead atoms. The van der Waals surface area contributed by atoms with E-state index in [0.717, 1.165) is 37.8 Å². The average Bonchev–Trinajstić information content (AvgIpc) is 2.84. The first-order valence-corrected chi connectivity index (χ1v) is 12.6. The van der Waals surface area contributed by atoms with E-state index in [1.165, 1.54) is 7.11 Å².